The van der Waals surface area contributed by atoms with Crippen LogP contribution in [0, 0.1) is 6.92 Å². The van der Waals surface area contributed by atoms with Crippen molar-refractivity contribution in [3.63, 3.8) is 0 Å². The Morgan fingerprint density at radius 2 is 1.75 bits per heavy atom. The molecule has 0 spiro atoms. The summed E-state index contributed by atoms with van der Waals surface area (Å²) in [6, 6.07) is 2.81. The van der Waals surface area contributed by atoms with E-state index in [0.29, 0.717) is 0 Å². The number of ether oxygens (including phenoxy) is 1. The molecule has 2 rings (SSSR count). The van der Waals surface area contributed by atoms with Gasteiger partial charge in [0.1, 0.15) is 12.4 Å². The number of nitrogens with zero attached hydrogens (tertiary/aromatic N) is 2. The topological polar surface area (TPSA) is 35.0 Å². The van der Waals surface area contributed by atoms with Crippen LogP contribution in [0.5, 0.6) is 5.75 Å². The van der Waals surface area contributed by atoms with Gasteiger partial charge in [0.15, 0.2) is 0 Å². The molecule has 0 fully saturated rings. The van der Waals surface area contributed by atoms with Crippen LogP contribution in [-0.2, 0) is 6.61 Å². The predicted octanol–water partition coefficient (Wildman–Crippen LogP) is -0.578. The number of rotatable bonds is 4. The SMILES string of the molecule is Cc1cncc(COc2cncc([B-](F)(F)F)c2)c1.[K+]. The monoisotopic (exact) mass is 306 g/mol. The zero-order valence-corrected chi connectivity index (χ0v) is 14.3. The number of aromatic nitrogens is 2. The molecule has 0 radical (unpaired) electrons. The molecule has 0 amide bonds. The van der Waals surface area contributed by atoms with Crippen molar-refractivity contribution in [3.8, 4) is 5.75 Å². The Labute approximate surface area is 157 Å². The summed E-state index contributed by atoms with van der Waals surface area (Å²) in [5.74, 6) is 0.0956. The second-order valence-corrected chi connectivity index (χ2v) is 4.19. The van der Waals surface area contributed by atoms with Crippen molar-refractivity contribution in [2.45, 2.75) is 13.5 Å². The average Bonchev–Trinajstić information content (AvgIpc) is 2.36. The summed E-state index contributed by atoms with van der Waals surface area (Å²) >= 11 is 0. The molecule has 0 N–H and O–H groups in total. The molecular weight excluding hydrogens is 295 g/mol. The third-order valence-corrected chi connectivity index (χ3v) is 2.45. The van der Waals surface area contributed by atoms with Crippen molar-refractivity contribution in [2.75, 3.05) is 0 Å². The molecule has 100 valence electrons. The van der Waals surface area contributed by atoms with E-state index in [1.807, 2.05) is 13.0 Å². The second kappa shape index (κ2) is 7.56. The Hall–Kier alpha value is -0.409. The van der Waals surface area contributed by atoms with Crippen LogP contribution in [0.25, 0.3) is 0 Å². The predicted molar refractivity (Wildman–Crippen MR) is 66.3 cm³/mol. The maximum atomic E-state index is 12.5. The molecule has 2 heterocycles. The number of halogens is 3. The van der Waals surface area contributed by atoms with Crippen molar-refractivity contribution >= 4 is 12.4 Å². The van der Waals surface area contributed by atoms with Crippen LogP contribution in [0.1, 0.15) is 11.1 Å². The van der Waals surface area contributed by atoms with Gasteiger partial charge >= 0.3 is 58.4 Å². The molecular formula is C12H11BF3KN2O. The van der Waals surface area contributed by atoms with E-state index in [-0.39, 0.29) is 63.7 Å². The van der Waals surface area contributed by atoms with Crippen molar-refractivity contribution in [3.05, 3.63) is 48.0 Å². The minimum atomic E-state index is -5.06. The molecule has 0 aromatic carbocycles. The molecule has 0 unspecified atom stereocenters. The Balaban J connectivity index is 0.00000200. The van der Waals surface area contributed by atoms with Gasteiger partial charge in [0.05, 0.1) is 6.20 Å². The van der Waals surface area contributed by atoms with Crippen molar-refractivity contribution < 1.29 is 69.1 Å². The quantitative estimate of drug-likeness (QED) is 0.709. The van der Waals surface area contributed by atoms with Crippen LogP contribution >= 0.6 is 0 Å². The van der Waals surface area contributed by atoms with E-state index in [1.54, 1.807) is 12.4 Å². The van der Waals surface area contributed by atoms with Gasteiger partial charge in [-0.3, -0.25) is 9.97 Å². The summed E-state index contributed by atoms with van der Waals surface area (Å²) in [4.78, 5) is 7.52. The smallest absolute Gasteiger partial charge is 0.487 e. The molecule has 0 aliphatic rings. The normalized spacial score (nSPS) is 10.8. The second-order valence-electron chi connectivity index (χ2n) is 4.19. The molecule has 0 aliphatic carbocycles. The molecule has 0 atom stereocenters. The van der Waals surface area contributed by atoms with Gasteiger partial charge in [0, 0.05) is 24.2 Å². The summed E-state index contributed by atoms with van der Waals surface area (Å²) in [7, 11) is 0. The van der Waals surface area contributed by atoms with Gasteiger partial charge in [0.25, 0.3) is 0 Å². The summed E-state index contributed by atoms with van der Waals surface area (Å²) in [6.07, 6.45) is 5.35. The van der Waals surface area contributed by atoms with E-state index in [1.165, 1.54) is 6.20 Å². The summed E-state index contributed by atoms with van der Waals surface area (Å²) in [6.45, 7) is -3.02. The largest absolute Gasteiger partial charge is 1.00 e. The van der Waals surface area contributed by atoms with Crippen LogP contribution in [-0.4, -0.2) is 16.9 Å². The third-order valence-electron chi connectivity index (χ3n) is 2.45. The van der Waals surface area contributed by atoms with Gasteiger partial charge in [-0.1, -0.05) is 5.46 Å². The number of aryl methyl sites for hydroxylation is 1. The molecule has 0 saturated carbocycles. The van der Waals surface area contributed by atoms with Crippen LogP contribution in [0.3, 0.4) is 0 Å². The Kier molecular flexibility index (Phi) is 6.67. The van der Waals surface area contributed by atoms with Crippen molar-refractivity contribution in [1.29, 1.82) is 0 Å². The van der Waals surface area contributed by atoms with Crippen molar-refractivity contribution in [1.82, 2.24) is 9.97 Å². The van der Waals surface area contributed by atoms with E-state index in [2.05, 4.69) is 9.97 Å². The molecule has 0 bridgehead atoms. The summed E-state index contributed by atoms with van der Waals surface area (Å²) < 4.78 is 42.9. The molecule has 0 aliphatic heterocycles. The summed E-state index contributed by atoms with van der Waals surface area (Å²) in [5.41, 5.74) is 0.995. The first-order valence-corrected chi connectivity index (χ1v) is 5.63. The number of hydrogen-bond acceptors (Lipinski definition) is 3. The molecule has 20 heavy (non-hydrogen) atoms. The minimum absolute atomic E-state index is 0. The van der Waals surface area contributed by atoms with Gasteiger partial charge < -0.3 is 17.7 Å². The zero-order valence-electron chi connectivity index (χ0n) is 11.2. The Morgan fingerprint density at radius 3 is 2.40 bits per heavy atom. The maximum absolute atomic E-state index is 12.5. The van der Waals surface area contributed by atoms with Gasteiger partial charge in [-0.05, 0) is 24.6 Å². The zero-order chi connectivity index (χ0) is 13.9. The van der Waals surface area contributed by atoms with E-state index in [4.69, 9.17) is 4.74 Å². The van der Waals surface area contributed by atoms with E-state index >= 15 is 0 Å². The molecule has 3 nitrogen and oxygen atoms in total. The van der Waals surface area contributed by atoms with Crippen LogP contribution < -0.4 is 61.6 Å². The van der Waals surface area contributed by atoms with Crippen LogP contribution in [0.4, 0.5) is 12.9 Å². The van der Waals surface area contributed by atoms with Gasteiger partial charge in [-0.15, -0.1) is 0 Å². The van der Waals surface area contributed by atoms with E-state index in [0.717, 1.165) is 23.4 Å². The fourth-order valence-corrected chi connectivity index (χ4v) is 1.56. The average molecular weight is 306 g/mol. The number of pyridine rings is 2. The van der Waals surface area contributed by atoms with Gasteiger partial charge in [-0.25, -0.2) is 0 Å². The maximum Gasteiger partial charge on any atom is 1.00 e. The molecule has 8 heteroatoms. The van der Waals surface area contributed by atoms with Crippen molar-refractivity contribution in [2.24, 2.45) is 0 Å². The molecule has 2 aromatic rings. The van der Waals surface area contributed by atoms with E-state index < -0.39 is 12.4 Å². The Morgan fingerprint density at radius 1 is 1.05 bits per heavy atom. The fraction of sp³-hybridized carbons (Fsp3) is 0.167. The standard InChI is InChI=1S/C12H11BF3N2O.K/c1-9-2-10(5-17-4-9)8-19-12-3-11(6-18-7-12)13(14,15)16;/h2-7H,8H2,1H3;/q-1;+1. The first-order chi connectivity index (χ1) is 8.95. The fourth-order valence-electron chi connectivity index (χ4n) is 1.56. The van der Waals surface area contributed by atoms with Gasteiger partial charge in [0.2, 0.25) is 0 Å². The number of hydrogen-bond donors (Lipinski definition) is 0. The minimum Gasteiger partial charge on any atom is -0.487 e. The first-order valence-electron chi connectivity index (χ1n) is 5.63. The first kappa shape index (κ1) is 17.6. The van der Waals surface area contributed by atoms with Crippen LogP contribution in [0.2, 0.25) is 0 Å². The van der Waals surface area contributed by atoms with E-state index in [9.17, 15) is 12.9 Å². The molecule has 0 saturated heterocycles. The Bertz CT molecular complexity index is 581. The van der Waals surface area contributed by atoms with Crippen LogP contribution in [0.15, 0.2) is 36.9 Å². The summed E-state index contributed by atoms with van der Waals surface area (Å²) in [5, 5.41) is 0. The third kappa shape index (κ3) is 5.17. The molecule has 2 aromatic heterocycles. The van der Waals surface area contributed by atoms with Gasteiger partial charge in [-0.2, -0.15) is 0 Å².